The summed E-state index contributed by atoms with van der Waals surface area (Å²) in [4.78, 5) is 13.0. The molecule has 3 fully saturated rings. The van der Waals surface area contributed by atoms with E-state index in [9.17, 15) is 4.79 Å². The van der Waals surface area contributed by atoms with Crippen LogP contribution in [0.4, 0.5) is 0 Å². The van der Waals surface area contributed by atoms with Crippen molar-refractivity contribution in [1.29, 1.82) is 0 Å². The van der Waals surface area contributed by atoms with Gasteiger partial charge in [0.1, 0.15) is 6.10 Å². The smallest absolute Gasteiger partial charge is 0.338 e. The van der Waals surface area contributed by atoms with Crippen molar-refractivity contribution in [3.8, 4) is 11.8 Å². The Balaban J connectivity index is 1.29. The number of rotatable bonds is 7. The normalized spacial score (nSPS) is 34.9. The molecule has 2 nitrogen and oxygen atoms in total. The minimum absolute atomic E-state index is 0.0340. The fourth-order valence-electron chi connectivity index (χ4n) is 10.4. The molecule has 2 aromatic rings. The minimum atomic E-state index is -0.186. The summed E-state index contributed by atoms with van der Waals surface area (Å²) in [6.45, 7) is 12.5. The molecule has 0 N–H and O–H groups in total. The molecule has 44 heavy (non-hydrogen) atoms. The van der Waals surface area contributed by atoms with Gasteiger partial charge in [0.25, 0.3) is 0 Å². The number of carbonyl (C=O) groups is 1. The third kappa shape index (κ3) is 6.06. The van der Waals surface area contributed by atoms with Gasteiger partial charge in [-0.25, -0.2) is 4.79 Å². The third-order valence-corrected chi connectivity index (χ3v) is 12.8. The second-order valence-electron chi connectivity index (χ2n) is 15.8. The van der Waals surface area contributed by atoms with E-state index in [2.05, 4.69) is 82.9 Å². The lowest BCUT2D eigenvalue weighted by Gasteiger charge is -2.60. The number of allylic oxidation sites excluding steroid dienone is 2. The van der Waals surface area contributed by atoms with Gasteiger partial charge in [0.05, 0.1) is 5.56 Å². The van der Waals surface area contributed by atoms with Gasteiger partial charge in [-0.3, -0.25) is 0 Å². The molecule has 0 amide bonds. The fraction of sp³-hybridized carbons (Fsp3) is 0.595. The predicted molar refractivity (Wildman–Crippen MR) is 181 cm³/mol. The molecule has 4 aliphatic rings. The van der Waals surface area contributed by atoms with Crippen molar-refractivity contribution in [2.24, 2.45) is 52.3 Å². The molecule has 0 unspecified atom stereocenters. The van der Waals surface area contributed by atoms with Crippen LogP contribution in [-0.4, -0.2) is 12.1 Å². The van der Waals surface area contributed by atoms with Crippen LogP contribution in [0.25, 0.3) is 0 Å². The zero-order chi connectivity index (χ0) is 30.9. The van der Waals surface area contributed by atoms with Crippen molar-refractivity contribution < 1.29 is 9.53 Å². The maximum Gasteiger partial charge on any atom is 0.338 e. The lowest BCUT2D eigenvalue weighted by molar-refractivity contribution is -0.0869. The predicted octanol–water partition coefficient (Wildman–Crippen LogP) is 10.5. The van der Waals surface area contributed by atoms with Gasteiger partial charge in [0, 0.05) is 11.1 Å². The first-order valence-corrected chi connectivity index (χ1v) is 17.7. The van der Waals surface area contributed by atoms with E-state index < -0.39 is 0 Å². The second kappa shape index (κ2) is 12.9. The van der Waals surface area contributed by atoms with E-state index in [4.69, 9.17) is 4.74 Å². The van der Waals surface area contributed by atoms with Gasteiger partial charge in [-0.05, 0) is 121 Å². The summed E-state index contributed by atoms with van der Waals surface area (Å²) in [5.74, 6) is 11.9. The van der Waals surface area contributed by atoms with Crippen molar-refractivity contribution in [2.45, 2.75) is 105 Å². The van der Waals surface area contributed by atoms with Crippen LogP contribution in [0.1, 0.15) is 115 Å². The quantitative estimate of drug-likeness (QED) is 0.237. The fourth-order valence-corrected chi connectivity index (χ4v) is 10.4. The van der Waals surface area contributed by atoms with Crippen LogP contribution in [-0.2, 0) is 4.74 Å². The standard InChI is InChI=1S/C42H54O2/c1-29(2)13-12-14-30(3)36-21-22-37-39-33(20-19-31-15-8-6-9-16-31)27-34-28-35(44-40(43)32-17-10-7-11-18-32)23-25-41(34,4)38(39)24-26-42(36,37)5/h6-11,15-18,27,29-30,34-39H,12-14,21-26,28H2,1-5H3/t30-,34-,35-,36+,37-,38-,39-,41-,42+/m0/s1. The van der Waals surface area contributed by atoms with Crippen LogP contribution in [0.5, 0.6) is 0 Å². The Bertz CT molecular complexity index is 1380. The molecule has 0 bridgehead atoms. The Morgan fingerprint density at radius 3 is 2.25 bits per heavy atom. The molecule has 234 valence electrons. The molecule has 2 heteroatoms. The minimum Gasteiger partial charge on any atom is -0.459 e. The Kier molecular flexibility index (Phi) is 9.15. The van der Waals surface area contributed by atoms with E-state index in [1.54, 1.807) is 0 Å². The largest absolute Gasteiger partial charge is 0.459 e. The zero-order valence-corrected chi connectivity index (χ0v) is 27.9. The van der Waals surface area contributed by atoms with E-state index in [0.717, 1.165) is 42.6 Å². The molecule has 2 aromatic carbocycles. The Morgan fingerprint density at radius 2 is 1.52 bits per heavy atom. The zero-order valence-electron chi connectivity index (χ0n) is 27.9. The molecular formula is C42H54O2. The molecule has 3 saturated carbocycles. The van der Waals surface area contributed by atoms with Gasteiger partial charge >= 0.3 is 5.97 Å². The maximum atomic E-state index is 13.0. The lowest BCUT2D eigenvalue weighted by atomic mass is 9.44. The average Bonchev–Trinajstić information content (AvgIpc) is 3.38. The monoisotopic (exact) mass is 590 g/mol. The Morgan fingerprint density at radius 1 is 0.841 bits per heavy atom. The topological polar surface area (TPSA) is 26.3 Å². The molecule has 0 saturated heterocycles. The highest BCUT2D eigenvalue weighted by Crippen LogP contribution is 2.68. The molecule has 0 heterocycles. The number of esters is 1. The van der Waals surface area contributed by atoms with Crippen molar-refractivity contribution in [1.82, 2.24) is 0 Å². The summed E-state index contributed by atoms with van der Waals surface area (Å²) in [5, 5.41) is 0. The van der Waals surface area contributed by atoms with Gasteiger partial charge < -0.3 is 4.74 Å². The van der Waals surface area contributed by atoms with Gasteiger partial charge in [-0.1, -0.05) is 108 Å². The molecule has 6 rings (SSSR count). The summed E-state index contributed by atoms with van der Waals surface area (Å²) in [6, 6.07) is 20.0. The first-order chi connectivity index (χ1) is 21.2. The van der Waals surface area contributed by atoms with Crippen molar-refractivity contribution in [3.63, 3.8) is 0 Å². The first kappa shape index (κ1) is 31.2. The van der Waals surface area contributed by atoms with Gasteiger partial charge in [0.2, 0.25) is 0 Å². The highest BCUT2D eigenvalue weighted by molar-refractivity contribution is 5.89. The van der Waals surface area contributed by atoms with Gasteiger partial charge in [0.15, 0.2) is 0 Å². The number of ether oxygens (including phenoxy) is 1. The van der Waals surface area contributed by atoms with E-state index in [-0.39, 0.29) is 17.5 Å². The van der Waals surface area contributed by atoms with E-state index in [1.807, 2.05) is 30.3 Å². The summed E-state index contributed by atoms with van der Waals surface area (Å²) >= 11 is 0. The van der Waals surface area contributed by atoms with Crippen LogP contribution in [0.3, 0.4) is 0 Å². The average molecular weight is 591 g/mol. The first-order valence-electron chi connectivity index (χ1n) is 17.7. The van der Waals surface area contributed by atoms with Gasteiger partial charge in [-0.2, -0.15) is 0 Å². The van der Waals surface area contributed by atoms with Crippen molar-refractivity contribution in [2.75, 3.05) is 0 Å². The van der Waals surface area contributed by atoms with Crippen LogP contribution >= 0.6 is 0 Å². The van der Waals surface area contributed by atoms with Gasteiger partial charge in [-0.15, -0.1) is 0 Å². The molecule has 9 atom stereocenters. The molecule has 4 aliphatic carbocycles. The van der Waals surface area contributed by atoms with E-state index in [0.29, 0.717) is 34.7 Å². The lowest BCUT2D eigenvalue weighted by Crippen LogP contribution is -2.54. The Labute approximate surface area is 267 Å². The summed E-state index contributed by atoms with van der Waals surface area (Å²) in [7, 11) is 0. The van der Waals surface area contributed by atoms with E-state index >= 15 is 0 Å². The van der Waals surface area contributed by atoms with Crippen molar-refractivity contribution >= 4 is 5.97 Å². The SMILES string of the molecule is CC(C)CCC[C@H](C)[C@H]1CC[C@H]2[C@@H]3C(C#Cc4ccccc4)=C[C@H]4C[C@@H](OC(=O)c5ccccc5)CC[C@]4(C)[C@H]3CC[C@]12C. The molecule has 0 spiro atoms. The molecular weight excluding hydrogens is 536 g/mol. The molecule has 0 aromatic heterocycles. The molecule has 0 aliphatic heterocycles. The molecule has 0 radical (unpaired) electrons. The summed E-state index contributed by atoms with van der Waals surface area (Å²) in [6.07, 6.45) is 15.0. The number of fused-ring (bicyclic) bond motifs is 5. The number of benzene rings is 2. The van der Waals surface area contributed by atoms with Crippen LogP contribution in [0.15, 0.2) is 72.3 Å². The van der Waals surface area contributed by atoms with Crippen LogP contribution in [0, 0.1) is 64.1 Å². The van der Waals surface area contributed by atoms with Crippen LogP contribution in [0.2, 0.25) is 0 Å². The maximum absolute atomic E-state index is 13.0. The van der Waals surface area contributed by atoms with E-state index in [1.165, 1.54) is 50.5 Å². The summed E-state index contributed by atoms with van der Waals surface area (Å²) < 4.78 is 6.14. The highest BCUT2D eigenvalue weighted by Gasteiger charge is 2.61. The van der Waals surface area contributed by atoms with Crippen LogP contribution < -0.4 is 0 Å². The third-order valence-electron chi connectivity index (χ3n) is 12.8. The summed E-state index contributed by atoms with van der Waals surface area (Å²) in [5.41, 5.74) is 3.77. The van der Waals surface area contributed by atoms with Crippen molar-refractivity contribution in [3.05, 3.63) is 83.4 Å². The number of carbonyl (C=O) groups excluding carboxylic acids is 1. The second-order valence-corrected chi connectivity index (χ2v) is 15.8. The number of hydrogen-bond acceptors (Lipinski definition) is 2. The Hall–Kier alpha value is -2.79. The highest BCUT2D eigenvalue weighted by atomic mass is 16.5. The number of hydrogen-bond donors (Lipinski definition) is 0.